The van der Waals surface area contributed by atoms with Gasteiger partial charge in [-0.1, -0.05) is 19.8 Å². The van der Waals surface area contributed by atoms with Crippen LogP contribution in [0.1, 0.15) is 79.1 Å². The van der Waals surface area contributed by atoms with Crippen LogP contribution in [0.5, 0.6) is 0 Å². The van der Waals surface area contributed by atoms with Gasteiger partial charge in [0, 0.05) is 29.9 Å². The number of alkyl halides is 3. The highest BCUT2D eigenvalue weighted by Gasteiger charge is 2.37. The van der Waals surface area contributed by atoms with E-state index in [1.54, 1.807) is 32.8 Å². The first kappa shape index (κ1) is 39.9. The minimum atomic E-state index is -4.85. The molecule has 1 heterocycles. The van der Waals surface area contributed by atoms with E-state index in [1.165, 1.54) is 20.8 Å². The second-order valence-corrected chi connectivity index (χ2v) is 12.8. The Hall–Kier alpha value is -4.57. The predicted octanol–water partition coefficient (Wildman–Crippen LogP) is 7.05. The zero-order valence-electron chi connectivity index (χ0n) is 29.0. The van der Waals surface area contributed by atoms with E-state index < -0.39 is 76.3 Å². The lowest BCUT2D eigenvalue weighted by molar-refractivity contribution is -0.144. The third kappa shape index (κ3) is 9.35. The summed E-state index contributed by atoms with van der Waals surface area (Å²) in [5, 5.41) is 2.48. The summed E-state index contributed by atoms with van der Waals surface area (Å²) in [6, 6.07) is 0.616. The van der Waals surface area contributed by atoms with Crippen LogP contribution in [0.25, 0.3) is 11.1 Å². The minimum absolute atomic E-state index is 0.0646. The number of terminal acetylenes is 1. The molecule has 270 valence electrons. The van der Waals surface area contributed by atoms with Crippen molar-refractivity contribution in [2.45, 2.75) is 72.1 Å². The lowest BCUT2D eigenvalue weighted by Crippen LogP contribution is -2.41. The van der Waals surface area contributed by atoms with Crippen LogP contribution in [0.3, 0.4) is 0 Å². The summed E-state index contributed by atoms with van der Waals surface area (Å²) in [7, 11) is 3.33. The Balaban J connectivity index is 2.27. The van der Waals surface area contributed by atoms with Crippen LogP contribution in [0, 0.1) is 49.6 Å². The molecule has 0 bridgehead atoms. The van der Waals surface area contributed by atoms with Gasteiger partial charge in [0.25, 0.3) is 5.56 Å². The molecule has 7 nitrogen and oxygen atoms in total. The molecule has 1 aromatic heterocycles. The number of ether oxygens (including phenoxy) is 1. The fourth-order valence-electron chi connectivity index (χ4n) is 5.90. The van der Waals surface area contributed by atoms with Crippen molar-refractivity contribution in [1.82, 2.24) is 14.8 Å². The number of nitrogens with zero attached hydrogens (tertiary/aromatic N) is 2. The highest BCUT2D eigenvalue weighted by Crippen LogP contribution is 2.38. The quantitative estimate of drug-likeness (QED) is 0.117. The van der Waals surface area contributed by atoms with Crippen LogP contribution in [0.4, 0.5) is 26.3 Å². The number of esters is 1. The summed E-state index contributed by atoms with van der Waals surface area (Å²) >= 11 is 0. The van der Waals surface area contributed by atoms with Crippen LogP contribution in [-0.2, 0) is 26.9 Å². The molecule has 50 heavy (non-hydrogen) atoms. The van der Waals surface area contributed by atoms with Crippen molar-refractivity contribution in [3.8, 4) is 23.5 Å². The molecule has 0 saturated carbocycles. The third-order valence-corrected chi connectivity index (χ3v) is 8.13. The topological polar surface area (TPSA) is 80.6 Å². The molecule has 0 fully saturated rings. The lowest BCUT2D eigenvalue weighted by atomic mass is 9.89. The molecule has 2 unspecified atom stereocenters. The van der Waals surface area contributed by atoms with Gasteiger partial charge in [-0.2, -0.15) is 13.2 Å². The first-order valence-corrected chi connectivity index (χ1v) is 16.0. The van der Waals surface area contributed by atoms with Crippen molar-refractivity contribution >= 4 is 11.9 Å². The SMILES string of the molecule is C#Cc1cc(-c2c(C)cc(F)cc2C)c(F)c(C(CC(=O)OCC)NC(=O)C(CC(C)C)n2cc(CCN(C)C)c(C(F)(F)F)cc2=O)c1F. The molecule has 1 N–H and O–H groups in total. The summed E-state index contributed by atoms with van der Waals surface area (Å²) < 4.78 is 94.7. The van der Waals surface area contributed by atoms with Crippen molar-refractivity contribution in [3.63, 3.8) is 0 Å². The van der Waals surface area contributed by atoms with Gasteiger partial charge in [0.15, 0.2) is 0 Å². The van der Waals surface area contributed by atoms with Crippen molar-refractivity contribution in [2.75, 3.05) is 27.2 Å². The first-order chi connectivity index (χ1) is 23.3. The number of carbonyl (C=O) groups excluding carboxylic acids is 2. The monoisotopic (exact) mass is 705 g/mol. The summed E-state index contributed by atoms with van der Waals surface area (Å²) in [5.74, 6) is -3.09. The Labute approximate surface area is 287 Å². The largest absolute Gasteiger partial charge is 0.466 e. The number of aryl methyl sites for hydroxylation is 2. The number of benzene rings is 2. The fraction of sp³-hybridized carbons (Fsp3) is 0.432. The van der Waals surface area contributed by atoms with Gasteiger partial charge in [-0.05, 0) is 94.1 Å². The second kappa shape index (κ2) is 16.4. The molecule has 2 aromatic carbocycles. The van der Waals surface area contributed by atoms with Crippen LogP contribution in [-0.4, -0.2) is 48.6 Å². The molecule has 0 aliphatic heterocycles. The molecule has 0 radical (unpaired) electrons. The van der Waals surface area contributed by atoms with Crippen molar-refractivity contribution < 1.29 is 40.7 Å². The van der Waals surface area contributed by atoms with Gasteiger partial charge < -0.3 is 19.5 Å². The lowest BCUT2D eigenvalue weighted by Gasteiger charge is -2.27. The maximum Gasteiger partial charge on any atom is 0.416 e. The highest BCUT2D eigenvalue weighted by atomic mass is 19.4. The van der Waals surface area contributed by atoms with Crippen molar-refractivity contribution in [3.05, 3.63) is 91.6 Å². The molecular weight excluding hydrogens is 664 g/mol. The van der Waals surface area contributed by atoms with E-state index in [0.717, 1.165) is 29.0 Å². The summed E-state index contributed by atoms with van der Waals surface area (Å²) in [5.41, 5.74) is -3.08. The Kier molecular flexibility index (Phi) is 13.1. The van der Waals surface area contributed by atoms with E-state index in [4.69, 9.17) is 11.2 Å². The number of aromatic nitrogens is 1. The Morgan fingerprint density at radius 2 is 1.66 bits per heavy atom. The van der Waals surface area contributed by atoms with E-state index in [0.29, 0.717) is 17.2 Å². The average molecular weight is 706 g/mol. The van der Waals surface area contributed by atoms with Gasteiger partial charge in [-0.15, -0.1) is 6.42 Å². The van der Waals surface area contributed by atoms with Crippen LogP contribution < -0.4 is 10.9 Å². The normalized spacial score (nSPS) is 12.9. The Morgan fingerprint density at radius 1 is 1.04 bits per heavy atom. The molecule has 0 saturated heterocycles. The minimum Gasteiger partial charge on any atom is -0.466 e. The number of rotatable bonds is 13. The van der Waals surface area contributed by atoms with Crippen molar-refractivity contribution in [1.29, 1.82) is 0 Å². The molecule has 2 atom stereocenters. The van der Waals surface area contributed by atoms with E-state index in [2.05, 4.69) is 11.2 Å². The number of likely N-dealkylation sites (N-methyl/N-ethyl adjacent to an activating group) is 1. The van der Waals surface area contributed by atoms with Gasteiger partial charge in [0.2, 0.25) is 5.91 Å². The summed E-state index contributed by atoms with van der Waals surface area (Å²) in [6.07, 6.45) is 0.783. The molecule has 0 aliphatic rings. The number of carbonyl (C=O) groups is 2. The van der Waals surface area contributed by atoms with Gasteiger partial charge in [-0.3, -0.25) is 14.4 Å². The van der Waals surface area contributed by atoms with E-state index in [9.17, 15) is 31.9 Å². The van der Waals surface area contributed by atoms with Gasteiger partial charge in [-0.25, -0.2) is 13.2 Å². The average Bonchev–Trinajstić information content (AvgIpc) is 2.99. The zero-order chi connectivity index (χ0) is 37.7. The zero-order valence-corrected chi connectivity index (χ0v) is 29.0. The number of pyridine rings is 1. The number of halogens is 6. The van der Waals surface area contributed by atoms with Gasteiger partial charge in [0.05, 0.1) is 30.2 Å². The first-order valence-electron chi connectivity index (χ1n) is 16.0. The maximum absolute atomic E-state index is 16.6. The standard InChI is InChI=1S/C37H41F6N3O4/c1-9-23-16-26(32-21(5)14-25(38)15-22(32)6)35(40)33(34(23)39)28(18-31(48)50-10-2)44-36(49)29(13-20(3)4)46-19-24(11-12-45(7)8)27(17-30(46)47)37(41,42)43/h1,14-17,19-20,28-29H,10-13,18H2,2-8H3,(H,44,49). The van der Waals surface area contributed by atoms with E-state index in [-0.39, 0.29) is 48.6 Å². The smallest absolute Gasteiger partial charge is 0.416 e. The van der Waals surface area contributed by atoms with Crippen molar-refractivity contribution in [2.24, 2.45) is 5.92 Å². The Bertz CT molecular complexity index is 1820. The van der Waals surface area contributed by atoms with Crippen LogP contribution in [0.15, 0.2) is 35.3 Å². The molecule has 13 heteroatoms. The molecule has 0 spiro atoms. The van der Waals surface area contributed by atoms with Crippen LogP contribution >= 0.6 is 0 Å². The van der Waals surface area contributed by atoms with E-state index in [1.807, 2.05) is 0 Å². The van der Waals surface area contributed by atoms with E-state index >= 15 is 8.78 Å². The van der Waals surface area contributed by atoms with Gasteiger partial charge in [0.1, 0.15) is 23.5 Å². The number of amides is 1. The van der Waals surface area contributed by atoms with Gasteiger partial charge >= 0.3 is 12.1 Å². The predicted molar refractivity (Wildman–Crippen MR) is 178 cm³/mol. The molecule has 3 aromatic rings. The van der Waals surface area contributed by atoms with Crippen LogP contribution in [0.2, 0.25) is 0 Å². The third-order valence-electron chi connectivity index (χ3n) is 8.13. The molecule has 0 aliphatic carbocycles. The summed E-state index contributed by atoms with van der Waals surface area (Å²) in [6.45, 7) is 8.08. The number of hydrogen-bond donors (Lipinski definition) is 1. The molecular formula is C37H41F6N3O4. The maximum atomic E-state index is 16.6. The molecule has 1 amide bonds. The number of hydrogen-bond acceptors (Lipinski definition) is 5. The Morgan fingerprint density at radius 3 is 2.18 bits per heavy atom. The fourth-order valence-corrected chi connectivity index (χ4v) is 5.90. The summed E-state index contributed by atoms with van der Waals surface area (Å²) in [4.78, 5) is 41.8. The number of nitrogens with one attached hydrogen (secondary N) is 1. The molecule has 3 rings (SSSR count). The highest BCUT2D eigenvalue weighted by molar-refractivity contribution is 5.82. The second-order valence-electron chi connectivity index (χ2n) is 12.8.